The molecule has 15 nitrogen and oxygen atoms in total. The standard InChI is InChI=1S/C33H35N5O10/c1-3-14-38(25-10-6-19-15-24-22(16-21(19)25)31(44)36-27(17-39)34-24)20-7-4-18(5-8-20)30(43)35-23(32(45)46)9-12-28(40)37(2)26(33(47)48)11-13-29(41)42/h1,4-5,7-8,15-16,23,25-26,39H,6,9-14,17H2,2H3,(H,35,43)(H,41,42)(H,45,46)(H,47,48)(H,34,36,44)/t23-,25?,26+/m0/s1. The number of hydrogen-bond donors (Lipinski definition) is 6. The van der Waals surface area contributed by atoms with Crippen LogP contribution in [-0.2, 0) is 32.2 Å². The molecule has 0 aliphatic heterocycles. The molecule has 0 bridgehead atoms. The molecule has 252 valence electrons. The molecule has 1 unspecified atom stereocenters. The number of anilines is 1. The van der Waals surface area contributed by atoms with Gasteiger partial charge < -0.3 is 40.5 Å². The van der Waals surface area contributed by atoms with Gasteiger partial charge in [0.25, 0.3) is 11.5 Å². The molecule has 0 saturated carbocycles. The summed E-state index contributed by atoms with van der Waals surface area (Å²) in [5, 5.41) is 40.1. The number of H-pyrrole nitrogens is 1. The Balaban J connectivity index is 1.45. The topological polar surface area (TPSA) is 231 Å². The van der Waals surface area contributed by atoms with Crippen LogP contribution in [0.25, 0.3) is 10.9 Å². The molecular weight excluding hydrogens is 626 g/mol. The third kappa shape index (κ3) is 7.96. The van der Waals surface area contributed by atoms with Gasteiger partial charge in [-0.1, -0.05) is 5.92 Å². The minimum atomic E-state index is -1.47. The molecule has 1 aromatic heterocycles. The van der Waals surface area contributed by atoms with Gasteiger partial charge in [-0.2, -0.15) is 0 Å². The lowest BCUT2D eigenvalue weighted by Gasteiger charge is -2.30. The molecule has 0 spiro atoms. The van der Waals surface area contributed by atoms with Crippen molar-refractivity contribution < 1.29 is 44.4 Å². The molecule has 0 fully saturated rings. The number of terminal acetylenes is 1. The van der Waals surface area contributed by atoms with E-state index in [0.717, 1.165) is 16.0 Å². The summed E-state index contributed by atoms with van der Waals surface area (Å²) < 4.78 is 0. The van der Waals surface area contributed by atoms with E-state index in [1.807, 2.05) is 11.0 Å². The lowest BCUT2D eigenvalue weighted by atomic mass is 10.0. The fourth-order valence-corrected chi connectivity index (χ4v) is 5.81. The van der Waals surface area contributed by atoms with E-state index in [0.29, 0.717) is 29.4 Å². The maximum atomic E-state index is 13.0. The van der Waals surface area contributed by atoms with E-state index in [4.69, 9.17) is 11.5 Å². The number of aromatic nitrogens is 2. The molecule has 1 aliphatic carbocycles. The molecule has 2 aromatic carbocycles. The minimum Gasteiger partial charge on any atom is -0.481 e. The predicted molar refractivity (Wildman–Crippen MR) is 171 cm³/mol. The van der Waals surface area contributed by atoms with Crippen molar-refractivity contribution in [2.75, 3.05) is 18.5 Å². The first-order chi connectivity index (χ1) is 22.8. The van der Waals surface area contributed by atoms with Gasteiger partial charge in [0.1, 0.15) is 24.5 Å². The van der Waals surface area contributed by atoms with Crippen LogP contribution in [0, 0.1) is 12.3 Å². The van der Waals surface area contributed by atoms with Crippen molar-refractivity contribution in [3.05, 3.63) is 69.3 Å². The second-order valence-corrected chi connectivity index (χ2v) is 11.4. The number of carboxylic acids is 3. The molecule has 3 aromatic rings. The van der Waals surface area contributed by atoms with E-state index in [-0.39, 0.29) is 42.4 Å². The molecular formula is C33H35N5O10. The number of aliphatic carboxylic acids is 3. The number of carbonyl (C=O) groups excluding carboxylic acids is 2. The number of fused-ring (bicyclic) bond motifs is 2. The molecule has 48 heavy (non-hydrogen) atoms. The number of benzene rings is 2. The predicted octanol–water partition coefficient (Wildman–Crippen LogP) is 1.28. The van der Waals surface area contributed by atoms with Gasteiger partial charge in [0, 0.05) is 31.1 Å². The second kappa shape index (κ2) is 15.2. The van der Waals surface area contributed by atoms with Crippen molar-refractivity contribution >= 4 is 46.3 Å². The number of aromatic amines is 1. The third-order valence-electron chi connectivity index (χ3n) is 8.34. The van der Waals surface area contributed by atoms with E-state index in [2.05, 4.69) is 21.2 Å². The van der Waals surface area contributed by atoms with Crippen molar-refractivity contribution in [3.63, 3.8) is 0 Å². The van der Waals surface area contributed by atoms with Gasteiger partial charge in [-0.25, -0.2) is 14.6 Å². The lowest BCUT2D eigenvalue weighted by Crippen LogP contribution is -2.45. The van der Waals surface area contributed by atoms with E-state index in [1.165, 1.54) is 19.2 Å². The molecule has 6 N–H and O–H groups in total. The zero-order valence-electron chi connectivity index (χ0n) is 26.0. The Morgan fingerprint density at radius 3 is 2.38 bits per heavy atom. The van der Waals surface area contributed by atoms with Crippen LogP contribution in [0.5, 0.6) is 0 Å². The average Bonchev–Trinajstić information content (AvgIpc) is 3.46. The Morgan fingerprint density at radius 1 is 1.06 bits per heavy atom. The van der Waals surface area contributed by atoms with Crippen LogP contribution in [0.4, 0.5) is 5.69 Å². The van der Waals surface area contributed by atoms with Gasteiger partial charge in [0.2, 0.25) is 5.91 Å². The van der Waals surface area contributed by atoms with Crippen molar-refractivity contribution in [3.8, 4) is 12.3 Å². The number of hydrogen-bond acceptors (Lipinski definition) is 9. The first-order valence-corrected chi connectivity index (χ1v) is 15.0. The highest BCUT2D eigenvalue weighted by Crippen LogP contribution is 2.39. The molecule has 15 heteroatoms. The van der Waals surface area contributed by atoms with Gasteiger partial charge in [0.05, 0.1) is 23.5 Å². The number of aryl methyl sites for hydroxylation is 1. The number of amides is 2. The summed E-state index contributed by atoms with van der Waals surface area (Å²) in [5.41, 5.74) is 2.85. The van der Waals surface area contributed by atoms with Gasteiger partial charge in [-0.05, 0) is 73.2 Å². The summed E-state index contributed by atoms with van der Waals surface area (Å²) in [6, 6.07) is 6.92. The molecule has 2 amide bonds. The highest BCUT2D eigenvalue weighted by atomic mass is 16.4. The fraction of sp³-hybridized carbons (Fsp3) is 0.364. The Labute approximate surface area is 274 Å². The van der Waals surface area contributed by atoms with E-state index < -0.39 is 61.3 Å². The first kappa shape index (κ1) is 35.1. The lowest BCUT2D eigenvalue weighted by molar-refractivity contribution is -0.150. The zero-order chi connectivity index (χ0) is 35.1. The maximum absolute atomic E-state index is 13.0. The minimum absolute atomic E-state index is 0.142. The van der Waals surface area contributed by atoms with Crippen LogP contribution in [0.1, 0.15) is 65.5 Å². The number of aliphatic hydroxyl groups is 1. The number of rotatable bonds is 15. The highest BCUT2D eigenvalue weighted by Gasteiger charge is 2.31. The molecule has 3 atom stereocenters. The van der Waals surface area contributed by atoms with Crippen LogP contribution in [0.2, 0.25) is 0 Å². The Hall–Kier alpha value is -5.75. The average molecular weight is 662 g/mol. The highest BCUT2D eigenvalue weighted by molar-refractivity contribution is 5.97. The number of carbonyl (C=O) groups is 5. The molecule has 0 saturated heterocycles. The monoisotopic (exact) mass is 661 g/mol. The van der Waals surface area contributed by atoms with Crippen molar-refractivity contribution in [2.45, 2.75) is 63.3 Å². The van der Waals surface area contributed by atoms with Gasteiger partial charge in [-0.15, -0.1) is 6.42 Å². The summed E-state index contributed by atoms with van der Waals surface area (Å²) in [7, 11) is 1.19. The number of nitrogens with one attached hydrogen (secondary N) is 2. The smallest absolute Gasteiger partial charge is 0.326 e. The van der Waals surface area contributed by atoms with Gasteiger partial charge >= 0.3 is 17.9 Å². The van der Waals surface area contributed by atoms with Crippen LogP contribution in [0.3, 0.4) is 0 Å². The zero-order valence-corrected chi connectivity index (χ0v) is 26.0. The van der Waals surface area contributed by atoms with Gasteiger partial charge in [-0.3, -0.25) is 19.2 Å². The normalized spacial score (nSPS) is 14.7. The van der Waals surface area contributed by atoms with Crippen molar-refractivity contribution in [1.29, 1.82) is 0 Å². The second-order valence-electron chi connectivity index (χ2n) is 11.4. The quantitative estimate of drug-likeness (QED) is 0.127. The van der Waals surface area contributed by atoms with Crippen LogP contribution < -0.4 is 15.8 Å². The number of likely N-dealkylation sites (N-methyl/N-ethyl adjacent to an activating group) is 1. The van der Waals surface area contributed by atoms with Crippen LogP contribution in [-0.4, -0.2) is 90.7 Å². The molecule has 1 aliphatic rings. The molecule has 0 radical (unpaired) electrons. The Morgan fingerprint density at radius 2 is 1.77 bits per heavy atom. The third-order valence-corrected chi connectivity index (χ3v) is 8.34. The van der Waals surface area contributed by atoms with Crippen molar-refractivity contribution in [1.82, 2.24) is 20.2 Å². The van der Waals surface area contributed by atoms with E-state index in [9.17, 15) is 44.1 Å². The maximum Gasteiger partial charge on any atom is 0.326 e. The number of nitrogens with zero attached hydrogens (tertiary/aromatic N) is 3. The SMILES string of the molecule is C#CCN(c1ccc(C(=O)N[C@@H](CCC(=O)N(C)[C@H](CCC(=O)O)C(=O)O)C(=O)O)cc1)C1CCc2cc3nc(CO)[nH]c(=O)c3cc21. The summed E-state index contributed by atoms with van der Waals surface area (Å²) >= 11 is 0. The summed E-state index contributed by atoms with van der Waals surface area (Å²) in [4.78, 5) is 82.3. The summed E-state index contributed by atoms with van der Waals surface area (Å²) in [6.07, 6.45) is 5.57. The van der Waals surface area contributed by atoms with Crippen LogP contribution >= 0.6 is 0 Å². The Kier molecular flexibility index (Phi) is 11.1. The van der Waals surface area contributed by atoms with Crippen molar-refractivity contribution in [2.24, 2.45) is 0 Å². The first-order valence-electron chi connectivity index (χ1n) is 15.0. The molecule has 1 heterocycles. The number of aliphatic hydroxyl groups excluding tert-OH is 1. The summed E-state index contributed by atoms with van der Waals surface area (Å²) in [5.74, 6) is -2.62. The largest absolute Gasteiger partial charge is 0.481 e. The Bertz CT molecular complexity index is 1830. The van der Waals surface area contributed by atoms with E-state index in [1.54, 1.807) is 18.2 Å². The summed E-state index contributed by atoms with van der Waals surface area (Å²) in [6.45, 7) is -0.177. The number of carboxylic acid groups (broad SMARTS) is 3. The molecule has 4 rings (SSSR count). The van der Waals surface area contributed by atoms with E-state index >= 15 is 0 Å². The fourth-order valence-electron chi connectivity index (χ4n) is 5.81. The van der Waals surface area contributed by atoms with Crippen LogP contribution in [0.15, 0.2) is 41.2 Å². The van der Waals surface area contributed by atoms with Gasteiger partial charge in [0.15, 0.2) is 0 Å².